The van der Waals surface area contributed by atoms with Crippen molar-refractivity contribution in [3.05, 3.63) is 114 Å². The Morgan fingerprint density at radius 2 is 1.76 bits per heavy atom. The lowest BCUT2D eigenvalue weighted by molar-refractivity contribution is 0.0951. The quantitative estimate of drug-likeness (QED) is 0.371. The average Bonchev–Trinajstić information content (AvgIpc) is 3.56. The molecule has 8 heteroatoms. The second kappa shape index (κ2) is 9.11. The molecule has 34 heavy (non-hydrogen) atoms. The van der Waals surface area contributed by atoms with Crippen LogP contribution >= 0.6 is 0 Å². The molecule has 0 fully saturated rings. The molecular formula is C26H18F2N4O2. The van der Waals surface area contributed by atoms with Gasteiger partial charge in [-0.05, 0) is 42.0 Å². The van der Waals surface area contributed by atoms with Gasteiger partial charge in [0.25, 0.3) is 5.91 Å². The summed E-state index contributed by atoms with van der Waals surface area (Å²) in [4.78, 5) is 21.1. The lowest BCUT2D eigenvalue weighted by atomic mass is 10.1. The summed E-state index contributed by atoms with van der Waals surface area (Å²) < 4.78 is 36.0. The maximum Gasteiger partial charge on any atom is 0.252 e. The van der Waals surface area contributed by atoms with Gasteiger partial charge in [0, 0.05) is 24.5 Å². The van der Waals surface area contributed by atoms with Gasteiger partial charge >= 0.3 is 0 Å². The van der Waals surface area contributed by atoms with E-state index in [9.17, 15) is 13.6 Å². The number of rotatable bonds is 6. The molecule has 168 valence electrons. The van der Waals surface area contributed by atoms with Gasteiger partial charge in [0.15, 0.2) is 5.76 Å². The molecule has 5 aromatic rings. The molecule has 0 aliphatic rings. The SMILES string of the molecule is O=C(NCc1ccc(-n2ccnc2)c(F)c1)c1ccccc1-c1ncc(-c2ccccc2F)o1. The van der Waals surface area contributed by atoms with Crippen LogP contribution in [-0.2, 0) is 6.54 Å². The molecule has 1 amide bonds. The summed E-state index contributed by atoms with van der Waals surface area (Å²) in [6.45, 7) is 0.125. The zero-order chi connectivity index (χ0) is 23.5. The van der Waals surface area contributed by atoms with E-state index in [4.69, 9.17) is 4.42 Å². The van der Waals surface area contributed by atoms with E-state index in [0.717, 1.165) is 0 Å². The summed E-state index contributed by atoms with van der Waals surface area (Å²) in [7, 11) is 0. The van der Waals surface area contributed by atoms with E-state index in [0.29, 0.717) is 22.4 Å². The number of carbonyl (C=O) groups is 1. The van der Waals surface area contributed by atoms with Crippen LogP contribution in [0.2, 0.25) is 0 Å². The van der Waals surface area contributed by atoms with E-state index < -0.39 is 11.6 Å². The number of amides is 1. The standard InChI is InChI=1S/C26H18F2N4O2/c27-21-8-4-3-7-20(21)24-15-31-26(34-24)19-6-2-1-5-18(19)25(33)30-14-17-9-10-23(22(28)13-17)32-12-11-29-16-32/h1-13,15-16H,14H2,(H,30,33). The number of oxazole rings is 1. The Labute approximate surface area is 193 Å². The minimum atomic E-state index is -0.428. The Morgan fingerprint density at radius 1 is 0.971 bits per heavy atom. The highest BCUT2D eigenvalue weighted by atomic mass is 19.1. The van der Waals surface area contributed by atoms with Crippen LogP contribution < -0.4 is 5.32 Å². The summed E-state index contributed by atoms with van der Waals surface area (Å²) in [5.74, 6) is -0.773. The fourth-order valence-electron chi connectivity index (χ4n) is 3.60. The van der Waals surface area contributed by atoms with Gasteiger partial charge < -0.3 is 14.3 Å². The van der Waals surface area contributed by atoms with E-state index in [1.807, 2.05) is 0 Å². The molecule has 2 aromatic heterocycles. The molecular weight excluding hydrogens is 438 g/mol. The highest BCUT2D eigenvalue weighted by Crippen LogP contribution is 2.29. The molecule has 0 spiro atoms. The zero-order valence-electron chi connectivity index (χ0n) is 17.8. The zero-order valence-corrected chi connectivity index (χ0v) is 17.8. The third-order valence-corrected chi connectivity index (χ3v) is 5.29. The Hall–Kier alpha value is -4.59. The summed E-state index contributed by atoms with van der Waals surface area (Å²) in [5, 5.41) is 2.80. The summed E-state index contributed by atoms with van der Waals surface area (Å²) in [5.41, 5.74) is 2.05. The van der Waals surface area contributed by atoms with E-state index in [-0.39, 0.29) is 29.7 Å². The first-order chi connectivity index (χ1) is 16.6. The summed E-state index contributed by atoms with van der Waals surface area (Å²) >= 11 is 0. The number of benzene rings is 3. The highest BCUT2D eigenvalue weighted by molar-refractivity contribution is 6.00. The third kappa shape index (κ3) is 4.21. The second-order valence-electron chi connectivity index (χ2n) is 7.49. The largest absolute Gasteiger partial charge is 0.436 e. The Balaban J connectivity index is 1.34. The van der Waals surface area contributed by atoms with Crippen LogP contribution in [0.1, 0.15) is 15.9 Å². The monoisotopic (exact) mass is 456 g/mol. The van der Waals surface area contributed by atoms with Gasteiger partial charge in [-0.15, -0.1) is 0 Å². The van der Waals surface area contributed by atoms with Gasteiger partial charge in [0.05, 0.1) is 29.3 Å². The van der Waals surface area contributed by atoms with Crippen LogP contribution in [0.5, 0.6) is 0 Å². The van der Waals surface area contributed by atoms with Gasteiger partial charge in [-0.3, -0.25) is 4.79 Å². The molecule has 0 aliphatic heterocycles. The third-order valence-electron chi connectivity index (χ3n) is 5.29. The molecule has 6 nitrogen and oxygen atoms in total. The van der Waals surface area contributed by atoms with Gasteiger partial charge in [0.1, 0.15) is 11.6 Å². The Bertz CT molecular complexity index is 1460. The van der Waals surface area contributed by atoms with Crippen molar-refractivity contribution in [1.29, 1.82) is 0 Å². The normalized spacial score (nSPS) is 10.9. The van der Waals surface area contributed by atoms with Crippen molar-refractivity contribution in [3.63, 3.8) is 0 Å². The van der Waals surface area contributed by atoms with E-state index in [1.165, 1.54) is 24.7 Å². The molecule has 2 heterocycles. The smallest absolute Gasteiger partial charge is 0.252 e. The van der Waals surface area contributed by atoms with Crippen molar-refractivity contribution >= 4 is 5.91 Å². The minimum Gasteiger partial charge on any atom is -0.436 e. The van der Waals surface area contributed by atoms with Crippen LogP contribution in [0, 0.1) is 11.6 Å². The molecule has 0 unspecified atom stereocenters. The molecule has 0 saturated heterocycles. The predicted octanol–water partition coefficient (Wildman–Crippen LogP) is 5.40. The summed E-state index contributed by atoms with van der Waals surface area (Å²) in [6, 6.07) is 17.8. The van der Waals surface area contributed by atoms with Crippen LogP contribution in [-0.4, -0.2) is 20.4 Å². The average molecular weight is 456 g/mol. The number of imidazole rings is 1. The molecule has 3 aromatic carbocycles. The van der Waals surface area contributed by atoms with Crippen LogP contribution in [0.15, 0.2) is 96.1 Å². The van der Waals surface area contributed by atoms with Crippen molar-refractivity contribution in [3.8, 4) is 28.5 Å². The lowest BCUT2D eigenvalue weighted by Crippen LogP contribution is -2.23. The maximum atomic E-state index is 14.5. The van der Waals surface area contributed by atoms with Gasteiger partial charge in [-0.2, -0.15) is 0 Å². The molecule has 0 radical (unpaired) electrons. The van der Waals surface area contributed by atoms with Crippen LogP contribution in [0.4, 0.5) is 8.78 Å². The van der Waals surface area contributed by atoms with E-state index in [2.05, 4.69) is 15.3 Å². The lowest BCUT2D eigenvalue weighted by Gasteiger charge is -2.10. The van der Waals surface area contributed by atoms with E-state index in [1.54, 1.807) is 71.6 Å². The van der Waals surface area contributed by atoms with Crippen molar-refractivity contribution < 1.29 is 18.0 Å². The number of hydrogen-bond donors (Lipinski definition) is 1. The number of carbonyl (C=O) groups excluding carboxylic acids is 1. The van der Waals surface area contributed by atoms with Crippen molar-refractivity contribution in [2.75, 3.05) is 0 Å². The molecule has 0 aliphatic carbocycles. The van der Waals surface area contributed by atoms with Crippen molar-refractivity contribution in [2.45, 2.75) is 6.54 Å². The number of halogens is 2. The highest BCUT2D eigenvalue weighted by Gasteiger charge is 2.18. The second-order valence-corrected chi connectivity index (χ2v) is 7.49. The first-order valence-electron chi connectivity index (χ1n) is 10.5. The molecule has 5 rings (SSSR count). The fraction of sp³-hybridized carbons (Fsp3) is 0.0385. The molecule has 0 saturated carbocycles. The maximum absolute atomic E-state index is 14.5. The first kappa shape index (κ1) is 21.3. The Kier molecular flexibility index (Phi) is 5.70. The number of nitrogens with one attached hydrogen (secondary N) is 1. The van der Waals surface area contributed by atoms with E-state index >= 15 is 0 Å². The fourth-order valence-corrected chi connectivity index (χ4v) is 3.60. The minimum absolute atomic E-state index is 0.125. The predicted molar refractivity (Wildman–Crippen MR) is 122 cm³/mol. The topological polar surface area (TPSA) is 73.0 Å². The molecule has 1 N–H and O–H groups in total. The number of aromatic nitrogens is 3. The summed E-state index contributed by atoms with van der Waals surface area (Å²) in [6.07, 6.45) is 6.15. The number of hydrogen-bond acceptors (Lipinski definition) is 4. The Morgan fingerprint density at radius 3 is 2.53 bits per heavy atom. The van der Waals surface area contributed by atoms with Gasteiger partial charge in [-0.25, -0.2) is 18.7 Å². The van der Waals surface area contributed by atoms with Crippen molar-refractivity contribution in [1.82, 2.24) is 19.9 Å². The number of nitrogens with zero attached hydrogens (tertiary/aromatic N) is 3. The van der Waals surface area contributed by atoms with Gasteiger partial charge in [-0.1, -0.05) is 30.3 Å². The van der Waals surface area contributed by atoms with Crippen molar-refractivity contribution in [2.24, 2.45) is 0 Å². The van der Waals surface area contributed by atoms with Gasteiger partial charge in [0.2, 0.25) is 5.89 Å². The van der Waals surface area contributed by atoms with Crippen LogP contribution in [0.25, 0.3) is 28.5 Å². The van der Waals surface area contributed by atoms with Crippen LogP contribution in [0.3, 0.4) is 0 Å². The molecule has 0 atom stereocenters. The first-order valence-corrected chi connectivity index (χ1v) is 10.5. The molecule has 0 bridgehead atoms.